The second-order valence-corrected chi connectivity index (χ2v) is 4.77. The predicted octanol–water partition coefficient (Wildman–Crippen LogP) is 0.601. The summed E-state index contributed by atoms with van der Waals surface area (Å²) >= 11 is 0. The molecule has 1 aliphatic carbocycles. The van der Waals surface area contributed by atoms with Gasteiger partial charge in [0.15, 0.2) is 11.6 Å². The number of carbonyl (C=O) groups excluding carboxylic acids is 2. The molecule has 0 bridgehead atoms. The fourth-order valence-electron chi connectivity index (χ4n) is 2.62. The molecule has 3 rings (SSSR count). The summed E-state index contributed by atoms with van der Waals surface area (Å²) in [5.41, 5.74) is 0.798. The van der Waals surface area contributed by atoms with E-state index in [0.717, 1.165) is 0 Å². The summed E-state index contributed by atoms with van der Waals surface area (Å²) in [7, 11) is 0. The van der Waals surface area contributed by atoms with Crippen LogP contribution in [0.4, 0.5) is 0 Å². The molecule has 2 aromatic carbocycles. The zero-order chi connectivity index (χ0) is 15.9. The van der Waals surface area contributed by atoms with Gasteiger partial charge in [-0.15, -0.1) is 0 Å². The Bertz CT molecular complexity index is 778. The van der Waals surface area contributed by atoms with Crippen molar-refractivity contribution < 1.29 is 29.6 Å². The second kappa shape index (κ2) is 5.34. The number of ketones is 2. The lowest BCUT2D eigenvalue weighted by molar-refractivity contribution is -0.180. The normalized spacial score (nSPS) is 13.1. The van der Waals surface area contributed by atoms with Crippen LogP contribution in [0.1, 0.15) is 37.4 Å². The van der Waals surface area contributed by atoms with Crippen LogP contribution in [0, 0.1) is 0 Å². The van der Waals surface area contributed by atoms with Gasteiger partial charge in [0.05, 0.1) is 6.61 Å². The van der Waals surface area contributed by atoms with Crippen LogP contribution in [0.25, 0.3) is 0 Å². The van der Waals surface area contributed by atoms with Crippen LogP contribution in [-0.4, -0.2) is 33.4 Å². The van der Waals surface area contributed by atoms with Crippen molar-refractivity contribution in [3.05, 3.63) is 64.2 Å². The van der Waals surface area contributed by atoms with Crippen molar-refractivity contribution in [3.8, 4) is 5.75 Å². The molecular formula is C16H12O6. The van der Waals surface area contributed by atoms with Crippen LogP contribution in [0.5, 0.6) is 5.75 Å². The number of hydrogen-bond donors (Lipinski definition) is 3. The van der Waals surface area contributed by atoms with Gasteiger partial charge in [-0.1, -0.05) is 24.3 Å². The second-order valence-electron chi connectivity index (χ2n) is 4.77. The van der Waals surface area contributed by atoms with Gasteiger partial charge in [0.25, 0.3) is 0 Å². The number of benzene rings is 2. The van der Waals surface area contributed by atoms with Gasteiger partial charge in [-0.3, -0.25) is 9.59 Å². The van der Waals surface area contributed by atoms with E-state index in [0.29, 0.717) is 5.56 Å². The maximum absolute atomic E-state index is 12.6. The minimum Gasteiger partial charge on any atom is -0.441 e. The highest BCUT2D eigenvalue weighted by atomic mass is 16.7. The lowest BCUT2D eigenvalue weighted by atomic mass is 9.81. The van der Waals surface area contributed by atoms with E-state index >= 15 is 0 Å². The molecule has 3 N–H and O–H groups in total. The van der Waals surface area contributed by atoms with E-state index in [9.17, 15) is 14.7 Å². The zero-order valence-electron chi connectivity index (χ0n) is 11.3. The summed E-state index contributed by atoms with van der Waals surface area (Å²) in [5.74, 6) is -0.792. The summed E-state index contributed by atoms with van der Waals surface area (Å²) in [6.45, 7) is -2.67. The Balaban J connectivity index is 2.24. The van der Waals surface area contributed by atoms with E-state index < -0.39 is 18.9 Å². The van der Waals surface area contributed by atoms with Crippen LogP contribution < -0.4 is 4.74 Å². The first-order valence-electron chi connectivity index (χ1n) is 6.52. The minimum absolute atomic E-state index is 0.0318. The molecule has 22 heavy (non-hydrogen) atoms. The van der Waals surface area contributed by atoms with Crippen LogP contribution in [0.15, 0.2) is 36.4 Å². The van der Waals surface area contributed by atoms with Crippen molar-refractivity contribution in [1.29, 1.82) is 0 Å². The van der Waals surface area contributed by atoms with Crippen molar-refractivity contribution >= 4 is 11.6 Å². The molecule has 0 amide bonds. The Labute approximate surface area is 125 Å². The summed E-state index contributed by atoms with van der Waals surface area (Å²) in [4.78, 5) is 25.1. The molecule has 112 valence electrons. The molecule has 2 aromatic rings. The van der Waals surface area contributed by atoms with E-state index in [1.54, 1.807) is 18.2 Å². The Morgan fingerprint density at radius 1 is 0.909 bits per heavy atom. The van der Waals surface area contributed by atoms with Gasteiger partial charge in [0.1, 0.15) is 5.75 Å². The lowest BCUT2D eigenvalue weighted by Gasteiger charge is -2.21. The summed E-state index contributed by atoms with van der Waals surface area (Å²) in [6, 6.07) is 9.12. The summed E-state index contributed by atoms with van der Waals surface area (Å²) < 4.78 is 4.76. The first kappa shape index (κ1) is 14.4. The SMILES string of the molecule is O=C1c2ccccc2C(=O)c2c1ccc(OC(O)O)c2CO. The van der Waals surface area contributed by atoms with Crippen molar-refractivity contribution in [2.75, 3.05) is 0 Å². The molecule has 0 radical (unpaired) electrons. The summed E-state index contributed by atoms with van der Waals surface area (Å²) in [5, 5.41) is 27.3. The van der Waals surface area contributed by atoms with Gasteiger partial charge in [-0.25, -0.2) is 0 Å². The zero-order valence-corrected chi connectivity index (χ0v) is 11.3. The van der Waals surface area contributed by atoms with Crippen molar-refractivity contribution in [2.45, 2.75) is 13.1 Å². The van der Waals surface area contributed by atoms with Gasteiger partial charge in [-0.2, -0.15) is 0 Å². The monoisotopic (exact) mass is 300 g/mol. The quantitative estimate of drug-likeness (QED) is 0.612. The lowest BCUT2D eigenvalue weighted by Crippen LogP contribution is -2.24. The average molecular weight is 300 g/mol. The summed E-state index contributed by atoms with van der Waals surface area (Å²) in [6.07, 6.45) is 0. The van der Waals surface area contributed by atoms with Crippen molar-refractivity contribution in [3.63, 3.8) is 0 Å². The molecule has 0 heterocycles. The average Bonchev–Trinajstić information content (AvgIpc) is 2.51. The highest BCUT2D eigenvalue weighted by molar-refractivity contribution is 6.29. The maximum atomic E-state index is 12.6. The molecule has 0 aromatic heterocycles. The molecule has 0 saturated heterocycles. The third-order valence-corrected chi connectivity index (χ3v) is 3.55. The van der Waals surface area contributed by atoms with E-state index in [1.165, 1.54) is 18.2 Å². The van der Waals surface area contributed by atoms with Crippen molar-refractivity contribution in [1.82, 2.24) is 0 Å². The van der Waals surface area contributed by atoms with Crippen molar-refractivity contribution in [2.24, 2.45) is 0 Å². The topological polar surface area (TPSA) is 104 Å². The molecule has 0 unspecified atom stereocenters. The van der Waals surface area contributed by atoms with Gasteiger partial charge in [0, 0.05) is 27.8 Å². The first-order chi connectivity index (χ1) is 10.5. The Morgan fingerprint density at radius 3 is 2.14 bits per heavy atom. The molecule has 0 atom stereocenters. The standard InChI is InChI=1S/C16H12O6/c17-7-11-12(22-16(20)21)6-5-10-13(11)15(19)9-4-2-1-3-8(9)14(10)18/h1-6,16-17,20-21H,7H2. The Hall–Kier alpha value is -2.54. The van der Waals surface area contributed by atoms with Gasteiger partial charge >= 0.3 is 6.48 Å². The van der Waals surface area contributed by atoms with Gasteiger partial charge in [-0.05, 0) is 12.1 Å². The molecule has 0 spiro atoms. The number of aliphatic hydroxyl groups excluding tert-OH is 2. The van der Waals surface area contributed by atoms with Crippen LogP contribution in [-0.2, 0) is 6.61 Å². The van der Waals surface area contributed by atoms with Gasteiger partial charge in [0.2, 0.25) is 0 Å². The van der Waals surface area contributed by atoms with E-state index in [2.05, 4.69) is 0 Å². The number of aliphatic hydroxyl groups is 3. The number of carbonyl (C=O) groups is 2. The molecule has 6 nitrogen and oxygen atoms in total. The highest BCUT2D eigenvalue weighted by Gasteiger charge is 2.32. The predicted molar refractivity (Wildman–Crippen MR) is 74.5 cm³/mol. The largest absolute Gasteiger partial charge is 0.441 e. The number of hydrogen-bond acceptors (Lipinski definition) is 6. The highest BCUT2D eigenvalue weighted by Crippen LogP contribution is 2.34. The van der Waals surface area contributed by atoms with Crippen LogP contribution in [0.2, 0.25) is 0 Å². The third kappa shape index (κ3) is 2.10. The molecule has 0 saturated carbocycles. The first-order valence-corrected chi connectivity index (χ1v) is 6.52. The fraction of sp³-hybridized carbons (Fsp3) is 0.125. The number of ether oxygens (including phenoxy) is 1. The molecule has 0 aliphatic heterocycles. The molecule has 6 heteroatoms. The molecule has 0 fully saturated rings. The molecular weight excluding hydrogens is 288 g/mol. The smallest absolute Gasteiger partial charge is 0.310 e. The Kier molecular flexibility index (Phi) is 3.50. The van der Waals surface area contributed by atoms with E-state index in [1.807, 2.05) is 0 Å². The fourth-order valence-corrected chi connectivity index (χ4v) is 2.62. The Morgan fingerprint density at radius 2 is 1.55 bits per heavy atom. The van der Waals surface area contributed by atoms with E-state index in [4.69, 9.17) is 14.9 Å². The maximum Gasteiger partial charge on any atom is 0.310 e. The van der Waals surface area contributed by atoms with E-state index in [-0.39, 0.29) is 33.8 Å². The number of rotatable bonds is 3. The van der Waals surface area contributed by atoms with Gasteiger partial charge < -0.3 is 20.1 Å². The van der Waals surface area contributed by atoms with Crippen LogP contribution in [0.3, 0.4) is 0 Å². The minimum atomic E-state index is -2.09. The molecule has 1 aliphatic rings. The number of fused-ring (bicyclic) bond motifs is 2. The van der Waals surface area contributed by atoms with Crippen LogP contribution >= 0.6 is 0 Å². The third-order valence-electron chi connectivity index (χ3n) is 3.55.